The van der Waals surface area contributed by atoms with Crippen molar-refractivity contribution in [1.82, 2.24) is 5.43 Å². The van der Waals surface area contributed by atoms with Gasteiger partial charge in [-0.25, -0.2) is 5.43 Å². The Bertz CT molecular complexity index is 681. The molecule has 0 aliphatic carbocycles. The third-order valence-corrected chi connectivity index (χ3v) is 2.89. The molecule has 0 saturated carbocycles. The molecule has 2 rings (SSSR count). The summed E-state index contributed by atoms with van der Waals surface area (Å²) in [5.74, 6) is 0.277. The Kier molecular flexibility index (Phi) is 4.56. The Balaban J connectivity index is 2.04. The van der Waals surface area contributed by atoms with Crippen LogP contribution in [0.4, 0.5) is 0 Å². The third kappa shape index (κ3) is 3.82. The number of carbonyl (C=O) groups is 1. The molecule has 108 valence electrons. The van der Waals surface area contributed by atoms with Crippen molar-refractivity contribution in [2.75, 3.05) is 7.11 Å². The van der Waals surface area contributed by atoms with Crippen LogP contribution >= 0.6 is 0 Å². The molecule has 0 aliphatic heterocycles. The zero-order valence-electron chi connectivity index (χ0n) is 11.8. The van der Waals surface area contributed by atoms with Crippen LogP contribution in [0.25, 0.3) is 0 Å². The standard InChI is InChI=1S/C16H16N2O3/c1-11-4-3-5-12(8-11)16(20)18-17-10-13-6-7-14(21-2)9-15(13)19/h3-10,19H,1-2H3,(H,18,20)/b17-10-. The molecule has 0 heterocycles. The molecule has 0 atom stereocenters. The number of nitrogens with one attached hydrogen (secondary N) is 1. The quantitative estimate of drug-likeness (QED) is 0.669. The normalized spacial score (nSPS) is 10.6. The van der Waals surface area contributed by atoms with Crippen LogP contribution in [0.1, 0.15) is 21.5 Å². The zero-order chi connectivity index (χ0) is 15.2. The van der Waals surface area contributed by atoms with Crippen LogP contribution in [-0.2, 0) is 0 Å². The van der Waals surface area contributed by atoms with Crippen LogP contribution in [0.2, 0.25) is 0 Å². The second kappa shape index (κ2) is 6.56. The number of aryl methyl sites for hydroxylation is 1. The Morgan fingerprint density at radius 3 is 2.76 bits per heavy atom. The molecule has 2 N–H and O–H groups in total. The summed E-state index contributed by atoms with van der Waals surface area (Å²) >= 11 is 0. The first kappa shape index (κ1) is 14.6. The molecule has 2 aromatic carbocycles. The number of rotatable bonds is 4. The fourth-order valence-electron chi connectivity index (χ4n) is 1.77. The van der Waals surface area contributed by atoms with Gasteiger partial charge < -0.3 is 9.84 Å². The van der Waals surface area contributed by atoms with Crippen molar-refractivity contribution in [3.63, 3.8) is 0 Å². The molecule has 2 aromatic rings. The highest BCUT2D eigenvalue weighted by atomic mass is 16.5. The fraction of sp³-hybridized carbons (Fsp3) is 0.125. The largest absolute Gasteiger partial charge is 0.507 e. The minimum atomic E-state index is -0.303. The molecule has 5 heteroatoms. The number of hydrogen-bond acceptors (Lipinski definition) is 4. The lowest BCUT2D eigenvalue weighted by Gasteiger charge is -2.03. The number of phenols is 1. The van der Waals surface area contributed by atoms with E-state index < -0.39 is 0 Å². The van der Waals surface area contributed by atoms with Crippen molar-refractivity contribution < 1.29 is 14.6 Å². The number of aromatic hydroxyl groups is 1. The van der Waals surface area contributed by atoms with Crippen molar-refractivity contribution in [1.29, 1.82) is 0 Å². The van der Waals surface area contributed by atoms with Gasteiger partial charge in [-0.15, -0.1) is 0 Å². The number of amides is 1. The van der Waals surface area contributed by atoms with Crippen LogP contribution in [0.3, 0.4) is 0 Å². The number of hydrogen-bond donors (Lipinski definition) is 2. The third-order valence-electron chi connectivity index (χ3n) is 2.89. The summed E-state index contributed by atoms with van der Waals surface area (Å²) in [5.41, 5.74) is 4.44. The molecule has 0 aliphatic rings. The van der Waals surface area contributed by atoms with Crippen LogP contribution in [0.15, 0.2) is 47.6 Å². The molecule has 0 fully saturated rings. The first-order valence-corrected chi connectivity index (χ1v) is 6.37. The van der Waals surface area contributed by atoms with Crippen molar-refractivity contribution >= 4 is 12.1 Å². The van der Waals surface area contributed by atoms with E-state index in [0.29, 0.717) is 16.9 Å². The Morgan fingerprint density at radius 2 is 2.10 bits per heavy atom. The van der Waals surface area contributed by atoms with Gasteiger partial charge in [-0.3, -0.25) is 4.79 Å². The highest BCUT2D eigenvalue weighted by molar-refractivity contribution is 5.95. The van der Waals surface area contributed by atoms with Crippen LogP contribution < -0.4 is 10.2 Å². The maximum absolute atomic E-state index is 11.9. The lowest BCUT2D eigenvalue weighted by atomic mass is 10.1. The summed E-state index contributed by atoms with van der Waals surface area (Å²) in [6.45, 7) is 1.91. The number of methoxy groups -OCH3 is 1. The van der Waals surface area contributed by atoms with Gasteiger partial charge in [0.2, 0.25) is 0 Å². The fourth-order valence-corrected chi connectivity index (χ4v) is 1.77. The summed E-state index contributed by atoms with van der Waals surface area (Å²) < 4.78 is 4.99. The van der Waals surface area contributed by atoms with Crippen molar-refractivity contribution in [2.45, 2.75) is 6.92 Å². The molecule has 5 nitrogen and oxygen atoms in total. The van der Waals surface area contributed by atoms with E-state index in [1.165, 1.54) is 19.4 Å². The van der Waals surface area contributed by atoms with Gasteiger partial charge in [-0.2, -0.15) is 5.10 Å². The lowest BCUT2D eigenvalue weighted by molar-refractivity contribution is 0.0955. The van der Waals surface area contributed by atoms with Gasteiger partial charge in [0.15, 0.2) is 0 Å². The Hall–Kier alpha value is -2.82. The minimum Gasteiger partial charge on any atom is -0.507 e. The maximum atomic E-state index is 11.9. The van der Waals surface area contributed by atoms with Crippen LogP contribution in [0, 0.1) is 6.92 Å². The van der Waals surface area contributed by atoms with E-state index in [0.717, 1.165) is 5.56 Å². The number of benzene rings is 2. The summed E-state index contributed by atoms with van der Waals surface area (Å²) in [6.07, 6.45) is 1.38. The number of phenolic OH excluding ortho intramolecular Hbond substituents is 1. The topological polar surface area (TPSA) is 70.9 Å². The molecule has 0 aromatic heterocycles. The Morgan fingerprint density at radius 1 is 1.29 bits per heavy atom. The molecule has 0 spiro atoms. The second-order valence-corrected chi connectivity index (χ2v) is 4.49. The average molecular weight is 284 g/mol. The van der Waals surface area contributed by atoms with E-state index in [-0.39, 0.29) is 11.7 Å². The van der Waals surface area contributed by atoms with Gasteiger partial charge in [0, 0.05) is 17.2 Å². The zero-order valence-corrected chi connectivity index (χ0v) is 11.8. The molecule has 0 radical (unpaired) electrons. The predicted molar refractivity (Wildman–Crippen MR) is 80.9 cm³/mol. The monoisotopic (exact) mass is 284 g/mol. The van der Waals surface area contributed by atoms with Gasteiger partial charge in [0.05, 0.1) is 13.3 Å². The minimum absolute atomic E-state index is 0.0305. The molecule has 1 amide bonds. The second-order valence-electron chi connectivity index (χ2n) is 4.49. The van der Waals surface area contributed by atoms with Gasteiger partial charge in [-0.1, -0.05) is 17.7 Å². The van der Waals surface area contributed by atoms with Gasteiger partial charge in [-0.05, 0) is 31.2 Å². The van der Waals surface area contributed by atoms with E-state index in [1.807, 2.05) is 19.1 Å². The average Bonchev–Trinajstić information content (AvgIpc) is 2.48. The highest BCUT2D eigenvalue weighted by Crippen LogP contribution is 2.21. The van der Waals surface area contributed by atoms with E-state index in [2.05, 4.69) is 10.5 Å². The highest BCUT2D eigenvalue weighted by Gasteiger charge is 2.04. The molecule has 0 bridgehead atoms. The number of nitrogens with zero attached hydrogens (tertiary/aromatic N) is 1. The van der Waals surface area contributed by atoms with Gasteiger partial charge in [0.25, 0.3) is 5.91 Å². The number of hydrazone groups is 1. The first-order chi connectivity index (χ1) is 10.1. The molecule has 0 unspecified atom stereocenters. The summed E-state index contributed by atoms with van der Waals surface area (Å²) in [7, 11) is 1.52. The van der Waals surface area contributed by atoms with Crippen molar-refractivity contribution in [2.24, 2.45) is 5.10 Å². The van der Waals surface area contributed by atoms with Crippen LogP contribution in [-0.4, -0.2) is 24.3 Å². The van der Waals surface area contributed by atoms with Gasteiger partial charge >= 0.3 is 0 Å². The van der Waals surface area contributed by atoms with E-state index in [4.69, 9.17) is 4.74 Å². The number of ether oxygens (including phenoxy) is 1. The Labute approximate surface area is 122 Å². The maximum Gasteiger partial charge on any atom is 0.271 e. The van der Waals surface area contributed by atoms with Crippen LogP contribution in [0.5, 0.6) is 11.5 Å². The summed E-state index contributed by atoms with van der Waals surface area (Å²) in [6, 6.07) is 12.0. The van der Waals surface area contributed by atoms with E-state index in [1.54, 1.807) is 24.3 Å². The molecular weight excluding hydrogens is 268 g/mol. The molecular formula is C16H16N2O3. The first-order valence-electron chi connectivity index (χ1n) is 6.37. The summed E-state index contributed by atoms with van der Waals surface area (Å²) in [5, 5.41) is 13.6. The van der Waals surface area contributed by atoms with Crippen molar-refractivity contribution in [3.8, 4) is 11.5 Å². The van der Waals surface area contributed by atoms with E-state index in [9.17, 15) is 9.90 Å². The molecule has 0 saturated heterocycles. The number of carbonyl (C=O) groups excluding carboxylic acids is 1. The van der Waals surface area contributed by atoms with Gasteiger partial charge in [0.1, 0.15) is 11.5 Å². The predicted octanol–water partition coefficient (Wildman–Crippen LogP) is 2.47. The van der Waals surface area contributed by atoms with Crippen molar-refractivity contribution in [3.05, 3.63) is 59.2 Å². The SMILES string of the molecule is COc1ccc(/C=N\NC(=O)c2cccc(C)c2)c(O)c1. The lowest BCUT2D eigenvalue weighted by Crippen LogP contribution is -2.17. The molecule has 21 heavy (non-hydrogen) atoms. The van der Waals surface area contributed by atoms with E-state index >= 15 is 0 Å². The smallest absolute Gasteiger partial charge is 0.271 e. The summed E-state index contributed by atoms with van der Waals surface area (Å²) in [4.78, 5) is 11.9.